The lowest BCUT2D eigenvalue weighted by Gasteiger charge is -2.13. The van der Waals surface area contributed by atoms with Crippen molar-refractivity contribution in [3.8, 4) is 0 Å². The van der Waals surface area contributed by atoms with Crippen LogP contribution < -0.4 is 16.3 Å². The number of alkyl halides is 3. The number of hydrogen-bond acceptors (Lipinski definition) is 3. The maximum Gasteiger partial charge on any atom is 0.417 e. The Kier molecular flexibility index (Phi) is 5.42. The predicted octanol–water partition coefficient (Wildman–Crippen LogP) is 5.74. The van der Waals surface area contributed by atoms with Gasteiger partial charge in [0.15, 0.2) is 5.11 Å². The molecule has 0 aliphatic carbocycles. The molecule has 2 aromatic carbocycles. The van der Waals surface area contributed by atoms with E-state index in [1.807, 2.05) is 24.3 Å². The second-order valence-electron chi connectivity index (χ2n) is 6.54. The van der Waals surface area contributed by atoms with Gasteiger partial charge in [0.1, 0.15) is 5.58 Å². The number of nitrogens with one attached hydrogen (secondary N) is 2. The zero-order chi connectivity index (χ0) is 20.5. The van der Waals surface area contributed by atoms with Crippen LogP contribution in [0.4, 0.5) is 24.5 Å². The minimum atomic E-state index is -4.65. The highest BCUT2D eigenvalue weighted by molar-refractivity contribution is 7.80. The van der Waals surface area contributed by atoms with Gasteiger partial charge < -0.3 is 15.1 Å². The quantitative estimate of drug-likeness (QED) is 0.429. The first kappa shape index (κ1) is 19.9. The van der Waals surface area contributed by atoms with Gasteiger partial charge in [-0.3, -0.25) is 0 Å². The molecule has 4 nitrogen and oxygen atoms in total. The average molecular weight is 406 g/mol. The maximum atomic E-state index is 13.1. The number of thiocarbonyl (C=S) groups is 1. The number of hydrogen-bond donors (Lipinski definition) is 2. The van der Waals surface area contributed by atoms with Gasteiger partial charge in [-0.2, -0.15) is 13.2 Å². The summed E-state index contributed by atoms with van der Waals surface area (Å²) in [7, 11) is 0. The first-order chi connectivity index (χ1) is 13.1. The van der Waals surface area contributed by atoms with Crippen LogP contribution in [0.15, 0.2) is 57.7 Å². The van der Waals surface area contributed by atoms with E-state index in [0.29, 0.717) is 17.7 Å². The van der Waals surface area contributed by atoms with Gasteiger partial charge >= 0.3 is 11.8 Å². The van der Waals surface area contributed by atoms with Gasteiger partial charge in [-0.1, -0.05) is 26.0 Å². The molecule has 0 amide bonds. The molecule has 2 N–H and O–H groups in total. The Morgan fingerprint density at radius 2 is 1.61 bits per heavy atom. The Bertz CT molecular complexity index is 1070. The second kappa shape index (κ2) is 7.63. The summed E-state index contributed by atoms with van der Waals surface area (Å²) in [4.78, 5) is 11.5. The number of fused-ring (bicyclic) bond motifs is 1. The van der Waals surface area contributed by atoms with Crippen LogP contribution in [0.1, 0.15) is 30.9 Å². The van der Waals surface area contributed by atoms with Crippen LogP contribution in [0.2, 0.25) is 0 Å². The molecule has 146 valence electrons. The minimum absolute atomic E-state index is 0.172. The fourth-order valence-electron chi connectivity index (χ4n) is 2.72. The van der Waals surface area contributed by atoms with Crippen molar-refractivity contribution in [3.05, 3.63) is 70.1 Å². The zero-order valence-electron chi connectivity index (χ0n) is 15.1. The van der Waals surface area contributed by atoms with Crippen LogP contribution in [-0.4, -0.2) is 5.11 Å². The van der Waals surface area contributed by atoms with Gasteiger partial charge in [-0.15, -0.1) is 0 Å². The van der Waals surface area contributed by atoms with Gasteiger partial charge in [0.05, 0.1) is 5.56 Å². The molecule has 3 aromatic rings. The fraction of sp³-hybridized carbons (Fsp3) is 0.200. The topological polar surface area (TPSA) is 54.3 Å². The normalized spacial score (nSPS) is 11.6. The Morgan fingerprint density at radius 3 is 2.21 bits per heavy atom. The first-order valence-corrected chi connectivity index (χ1v) is 8.87. The number of rotatable bonds is 3. The van der Waals surface area contributed by atoms with Crippen molar-refractivity contribution in [2.24, 2.45) is 0 Å². The van der Waals surface area contributed by atoms with Gasteiger partial charge in [0.25, 0.3) is 0 Å². The Hall–Kier alpha value is -2.87. The molecular weight excluding hydrogens is 389 g/mol. The summed E-state index contributed by atoms with van der Waals surface area (Å²) in [5.74, 6) is 0.410. The molecule has 0 radical (unpaired) electrons. The van der Waals surface area contributed by atoms with E-state index in [-0.39, 0.29) is 16.1 Å². The van der Waals surface area contributed by atoms with Crippen LogP contribution in [0.25, 0.3) is 11.0 Å². The van der Waals surface area contributed by atoms with E-state index in [2.05, 4.69) is 24.5 Å². The van der Waals surface area contributed by atoms with Crippen LogP contribution in [0, 0.1) is 0 Å². The number of halogens is 3. The molecular formula is C20H17F3N2O2S. The van der Waals surface area contributed by atoms with E-state index in [4.69, 9.17) is 16.6 Å². The van der Waals surface area contributed by atoms with Crippen molar-refractivity contribution in [1.82, 2.24) is 0 Å². The van der Waals surface area contributed by atoms with Crippen LogP contribution >= 0.6 is 12.2 Å². The lowest BCUT2D eigenvalue weighted by molar-refractivity contribution is -0.136. The van der Waals surface area contributed by atoms with Crippen LogP contribution in [0.5, 0.6) is 0 Å². The fourth-order valence-corrected chi connectivity index (χ4v) is 2.96. The third kappa shape index (κ3) is 4.51. The van der Waals surface area contributed by atoms with Crippen molar-refractivity contribution in [1.29, 1.82) is 0 Å². The summed E-state index contributed by atoms with van der Waals surface area (Å²) < 4.78 is 44.2. The van der Waals surface area contributed by atoms with Crippen LogP contribution in [0.3, 0.4) is 0 Å². The summed E-state index contributed by atoms with van der Waals surface area (Å²) in [5, 5.41) is 5.94. The molecule has 0 aliphatic rings. The first-order valence-electron chi connectivity index (χ1n) is 8.46. The van der Waals surface area contributed by atoms with Crippen molar-refractivity contribution < 1.29 is 17.6 Å². The molecule has 1 aromatic heterocycles. The summed E-state index contributed by atoms with van der Waals surface area (Å²) in [5.41, 5.74) is 0.0855. The third-order valence-electron chi connectivity index (χ3n) is 4.14. The highest BCUT2D eigenvalue weighted by Crippen LogP contribution is 2.34. The van der Waals surface area contributed by atoms with Gasteiger partial charge in [-0.05, 0) is 48.0 Å². The van der Waals surface area contributed by atoms with E-state index >= 15 is 0 Å². The molecule has 8 heteroatoms. The monoisotopic (exact) mass is 406 g/mol. The summed E-state index contributed by atoms with van der Waals surface area (Å²) in [6.07, 6.45) is -4.65. The summed E-state index contributed by atoms with van der Waals surface area (Å²) in [6, 6.07) is 12.2. The highest BCUT2D eigenvalue weighted by atomic mass is 32.1. The molecule has 28 heavy (non-hydrogen) atoms. The summed E-state index contributed by atoms with van der Waals surface area (Å²) >= 11 is 5.24. The van der Waals surface area contributed by atoms with E-state index in [0.717, 1.165) is 5.69 Å². The Balaban J connectivity index is 1.80. The van der Waals surface area contributed by atoms with Crippen molar-refractivity contribution in [2.75, 3.05) is 10.6 Å². The number of benzene rings is 2. The SMILES string of the molecule is CC(C)c1ccc(NC(=S)Nc2ccc3c(C(F)(F)F)cc(=O)oc3c2)cc1. The molecule has 0 saturated heterocycles. The van der Waals surface area contributed by atoms with Gasteiger partial charge in [-0.25, -0.2) is 4.79 Å². The van der Waals surface area contributed by atoms with Crippen molar-refractivity contribution in [2.45, 2.75) is 25.9 Å². The molecule has 1 heterocycles. The van der Waals surface area contributed by atoms with E-state index in [1.165, 1.54) is 23.8 Å². The lowest BCUT2D eigenvalue weighted by atomic mass is 10.0. The highest BCUT2D eigenvalue weighted by Gasteiger charge is 2.33. The minimum Gasteiger partial charge on any atom is -0.423 e. The zero-order valence-corrected chi connectivity index (χ0v) is 15.9. The lowest BCUT2D eigenvalue weighted by Crippen LogP contribution is -2.19. The average Bonchev–Trinajstić information content (AvgIpc) is 2.60. The molecule has 0 fully saturated rings. The van der Waals surface area contributed by atoms with Crippen molar-refractivity contribution >= 4 is 39.7 Å². The smallest absolute Gasteiger partial charge is 0.417 e. The van der Waals surface area contributed by atoms with E-state index < -0.39 is 17.4 Å². The summed E-state index contributed by atoms with van der Waals surface area (Å²) in [6.45, 7) is 4.19. The van der Waals surface area contributed by atoms with E-state index in [9.17, 15) is 18.0 Å². The second-order valence-corrected chi connectivity index (χ2v) is 6.95. The van der Waals surface area contributed by atoms with Gasteiger partial charge in [0.2, 0.25) is 0 Å². The third-order valence-corrected chi connectivity index (χ3v) is 4.35. The Morgan fingerprint density at radius 1 is 1.00 bits per heavy atom. The molecule has 0 saturated carbocycles. The molecule has 0 bridgehead atoms. The molecule has 0 unspecified atom stereocenters. The van der Waals surface area contributed by atoms with Gasteiger partial charge in [0, 0.05) is 28.9 Å². The Labute approximate surface area is 164 Å². The molecule has 3 rings (SSSR count). The largest absolute Gasteiger partial charge is 0.423 e. The van der Waals surface area contributed by atoms with Crippen molar-refractivity contribution in [3.63, 3.8) is 0 Å². The molecule has 0 spiro atoms. The molecule has 0 aliphatic heterocycles. The number of anilines is 2. The maximum absolute atomic E-state index is 13.1. The molecule has 0 atom stereocenters. The van der Waals surface area contributed by atoms with Crippen LogP contribution in [-0.2, 0) is 6.18 Å². The standard InChI is InChI=1S/C20H17F3N2O2S/c1-11(2)12-3-5-13(6-4-12)24-19(28)25-14-7-8-15-16(20(21,22)23)10-18(26)27-17(15)9-14/h3-11H,1-2H3,(H2,24,25,28). The van der Waals surface area contributed by atoms with E-state index in [1.54, 1.807) is 0 Å². The predicted molar refractivity (Wildman–Crippen MR) is 108 cm³/mol.